The molecule has 0 aromatic heterocycles. The van der Waals surface area contributed by atoms with Crippen LogP contribution in [0.15, 0.2) is 0 Å². The average Bonchev–Trinajstić information content (AvgIpc) is 1.98. The lowest BCUT2D eigenvalue weighted by molar-refractivity contribution is -0.231. The number of carbonyl (C=O) groups excluding carboxylic acids is 2. The standard InChI is InChI=1S/C7H12N2O3.H2S/c1-4(10)8-5-6(11)9(12)7(5,2)3;/h5,12H,1-3H3,(H,8,10);1H2/t5-;/m1./s1. The maximum Gasteiger partial charge on any atom is 0.271 e. The van der Waals surface area contributed by atoms with Crippen LogP contribution >= 0.6 is 13.5 Å². The van der Waals surface area contributed by atoms with Crippen LogP contribution in [0.2, 0.25) is 0 Å². The molecule has 1 saturated heterocycles. The number of hydroxylamine groups is 2. The van der Waals surface area contributed by atoms with Crippen LogP contribution in [0.5, 0.6) is 0 Å². The molecule has 1 aliphatic rings. The molecule has 1 aliphatic heterocycles. The van der Waals surface area contributed by atoms with Gasteiger partial charge in [-0.05, 0) is 13.8 Å². The summed E-state index contributed by atoms with van der Waals surface area (Å²) in [7, 11) is 0. The van der Waals surface area contributed by atoms with E-state index < -0.39 is 17.5 Å². The topological polar surface area (TPSA) is 69.6 Å². The zero-order valence-electron chi connectivity index (χ0n) is 7.79. The summed E-state index contributed by atoms with van der Waals surface area (Å²) in [5.74, 6) is -0.732. The van der Waals surface area contributed by atoms with Gasteiger partial charge in [-0.2, -0.15) is 13.5 Å². The second kappa shape index (κ2) is 3.55. The van der Waals surface area contributed by atoms with Crippen molar-refractivity contribution in [3.63, 3.8) is 0 Å². The molecule has 1 fully saturated rings. The van der Waals surface area contributed by atoms with Gasteiger partial charge in [0.15, 0.2) is 0 Å². The minimum absolute atomic E-state index is 0. The van der Waals surface area contributed by atoms with Crippen LogP contribution in [-0.2, 0) is 9.59 Å². The number of nitrogens with zero attached hydrogens (tertiary/aromatic N) is 1. The normalized spacial score (nSPS) is 24.5. The molecule has 0 radical (unpaired) electrons. The van der Waals surface area contributed by atoms with E-state index in [1.807, 2.05) is 0 Å². The highest BCUT2D eigenvalue weighted by Crippen LogP contribution is 2.28. The lowest BCUT2D eigenvalue weighted by atomic mass is 9.84. The largest absolute Gasteiger partial charge is 0.342 e. The van der Waals surface area contributed by atoms with Gasteiger partial charge < -0.3 is 5.32 Å². The summed E-state index contributed by atoms with van der Waals surface area (Å²) in [5.41, 5.74) is -0.692. The van der Waals surface area contributed by atoms with E-state index in [-0.39, 0.29) is 19.4 Å². The maximum absolute atomic E-state index is 11.0. The predicted octanol–water partition coefficient (Wildman–Crippen LogP) is -0.386. The molecule has 13 heavy (non-hydrogen) atoms. The highest BCUT2D eigenvalue weighted by molar-refractivity contribution is 7.59. The molecule has 0 aromatic rings. The van der Waals surface area contributed by atoms with E-state index in [2.05, 4.69) is 5.32 Å². The van der Waals surface area contributed by atoms with Gasteiger partial charge in [-0.1, -0.05) is 0 Å². The van der Waals surface area contributed by atoms with Crippen LogP contribution in [0.4, 0.5) is 0 Å². The van der Waals surface area contributed by atoms with Crippen molar-refractivity contribution in [1.29, 1.82) is 0 Å². The number of hydrogen-bond acceptors (Lipinski definition) is 3. The Labute approximate surface area is 83.5 Å². The Balaban J connectivity index is 0.00000144. The first-order chi connectivity index (χ1) is 5.37. The van der Waals surface area contributed by atoms with Gasteiger partial charge in [-0.25, -0.2) is 5.06 Å². The molecule has 1 heterocycles. The molecule has 2 amide bonds. The molecule has 0 saturated carbocycles. The van der Waals surface area contributed by atoms with E-state index in [1.165, 1.54) is 6.92 Å². The van der Waals surface area contributed by atoms with Crippen molar-refractivity contribution < 1.29 is 14.8 Å². The summed E-state index contributed by atoms with van der Waals surface area (Å²) in [6.07, 6.45) is 0. The lowest BCUT2D eigenvalue weighted by Crippen LogP contribution is -2.75. The fraction of sp³-hybridized carbons (Fsp3) is 0.714. The quantitative estimate of drug-likeness (QED) is 0.453. The van der Waals surface area contributed by atoms with Crippen molar-refractivity contribution in [2.75, 3.05) is 0 Å². The van der Waals surface area contributed by atoms with Gasteiger partial charge in [0.25, 0.3) is 5.91 Å². The minimum atomic E-state index is -0.692. The first kappa shape index (κ1) is 12.2. The molecule has 6 heteroatoms. The number of hydrogen-bond donors (Lipinski definition) is 2. The molecule has 0 bridgehead atoms. The summed E-state index contributed by atoms with van der Waals surface area (Å²) in [6.45, 7) is 4.69. The second-order valence-electron chi connectivity index (χ2n) is 3.44. The van der Waals surface area contributed by atoms with E-state index in [0.29, 0.717) is 5.06 Å². The van der Waals surface area contributed by atoms with Crippen LogP contribution in [0.25, 0.3) is 0 Å². The third-order valence-electron chi connectivity index (χ3n) is 2.06. The van der Waals surface area contributed by atoms with Crippen molar-refractivity contribution in [3.8, 4) is 0 Å². The van der Waals surface area contributed by atoms with E-state index in [0.717, 1.165) is 0 Å². The Bertz CT molecular complexity index is 242. The van der Waals surface area contributed by atoms with Crippen LogP contribution < -0.4 is 5.32 Å². The molecule has 0 spiro atoms. The van der Waals surface area contributed by atoms with Gasteiger partial charge >= 0.3 is 0 Å². The third-order valence-corrected chi connectivity index (χ3v) is 2.06. The average molecular weight is 206 g/mol. The number of carbonyl (C=O) groups is 2. The third kappa shape index (κ3) is 1.78. The Hall–Kier alpha value is -0.750. The maximum atomic E-state index is 11.0. The summed E-state index contributed by atoms with van der Waals surface area (Å²) >= 11 is 0. The molecule has 5 nitrogen and oxygen atoms in total. The van der Waals surface area contributed by atoms with Crippen molar-refractivity contribution >= 4 is 25.3 Å². The van der Waals surface area contributed by atoms with Crippen molar-refractivity contribution in [2.24, 2.45) is 0 Å². The Kier molecular flexibility index (Phi) is 3.34. The van der Waals surface area contributed by atoms with Gasteiger partial charge in [-0.15, -0.1) is 0 Å². The monoisotopic (exact) mass is 206 g/mol. The molecule has 0 aliphatic carbocycles. The summed E-state index contributed by atoms with van der Waals surface area (Å²) in [6, 6.07) is -0.597. The van der Waals surface area contributed by atoms with Crippen LogP contribution in [0.3, 0.4) is 0 Å². The molecular formula is C7H14N2O3S. The fourth-order valence-electron chi connectivity index (χ4n) is 1.21. The molecule has 0 aromatic carbocycles. The number of β-lactam (4-membered cyclic amide) rings is 1. The molecule has 2 N–H and O–H groups in total. The first-order valence-electron chi connectivity index (χ1n) is 3.67. The van der Waals surface area contributed by atoms with Crippen molar-refractivity contribution in [1.82, 2.24) is 10.4 Å². The molecular weight excluding hydrogens is 192 g/mol. The van der Waals surface area contributed by atoms with Gasteiger partial charge in [0.05, 0.1) is 5.54 Å². The van der Waals surface area contributed by atoms with E-state index in [9.17, 15) is 9.59 Å². The van der Waals surface area contributed by atoms with Crippen LogP contribution in [-0.4, -0.2) is 33.7 Å². The SMILES string of the molecule is CC(=O)N[C@@H]1C(=O)N(O)C1(C)C.S. The molecule has 0 unspecified atom stereocenters. The lowest BCUT2D eigenvalue weighted by Gasteiger charge is -2.49. The molecule has 1 rings (SSSR count). The minimum Gasteiger partial charge on any atom is -0.342 e. The van der Waals surface area contributed by atoms with Crippen molar-refractivity contribution in [3.05, 3.63) is 0 Å². The number of rotatable bonds is 1. The highest BCUT2D eigenvalue weighted by atomic mass is 32.1. The Morgan fingerprint density at radius 2 is 2.08 bits per heavy atom. The van der Waals surface area contributed by atoms with Gasteiger partial charge in [0.1, 0.15) is 6.04 Å². The van der Waals surface area contributed by atoms with Crippen molar-refractivity contribution in [2.45, 2.75) is 32.4 Å². The second-order valence-corrected chi connectivity index (χ2v) is 3.44. The van der Waals surface area contributed by atoms with Gasteiger partial charge in [0.2, 0.25) is 5.91 Å². The zero-order valence-corrected chi connectivity index (χ0v) is 8.79. The first-order valence-corrected chi connectivity index (χ1v) is 3.67. The summed E-state index contributed by atoms with van der Waals surface area (Å²) in [5, 5.41) is 12.2. The van der Waals surface area contributed by atoms with E-state index >= 15 is 0 Å². The van der Waals surface area contributed by atoms with Gasteiger partial charge in [0, 0.05) is 6.92 Å². The van der Waals surface area contributed by atoms with E-state index in [4.69, 9.17) is 5.21 Å². The number of nitrogens with one attached hydrogen (secondary N) is 1. The highest BCUT2D eigenvalue weighted by Gasteiger charge is 2.54. The molecule has 76 valence electrons. The molecule has 1 atom stereocenters. The summed E-state index contributed by atoms with van der Waals surface area (Å²) < 4.78 is 0. The van der Waals surface area contributed by atoms with Crippen LogP contribution in [0.1, 0.15) is 20.8 Å². The Morgan fingerprint density at radius 3 is 2.38 bits per heavy atom. The zero-order chi connectivity index (χ0) is 9.52. The Morgan fingerprint density at radius 1 is 1.62 bits per heavy atom. The van der Waals surface area contributed by atoms with Gasteiger partial charge in [-0.3, -0.25) is 14.8 Å². The smallest absolute Gasteiger partial charge is 0.271 e. The number of amides is 2. The van der Waals surface area contributed by atoms with E-state index in [1.54, 1.807) is 13.8 Å². The van der Waals surface area contributed by atoms with Crippen LogP contribution in [0, 0.1) is 0 Å². The predicted molar refractivity (Wildman–Crippen MR) is 50.7 cm³/mol. The summed E-state index contributed by atoms with van der Waals surface area (Å²) in [4.78, 5) is 21.6. The fourth-order valence-corrected chi connectivity index (χ4v) is 1.21.